The Morgan fingerprint density at radius 3 is 1.55 bits per heavy atom. The quantitative estimate of drug-likeness (QED) is 0.0203. The van der Waals surface area contributed by atoms with Crippen molar-refractivity contribution in [2.45, 2.75) is 140 Å². The summed E-state index contributed by atoms with van der Waals surface area (Å²) in [5, 5.41) is 31.6. The van der Waals surface area contributed by atoms with E-state index in [1.54, 1.807) is 0 Å². The van der Waals surface area contributed by atoms with Gasteiger partial charge in [-0.15, -0.1) is 6.42 Å². The molecule has 19 nitrogen and oxygen atoms in total. The molecule has 8 atom stereocenters. The Kier molecular flexibility index (Phi) is 26.0. The largest absolute Gasteiger partial charge is 0.472 e. The minimum absolute atomic E-state index is 0.0746. The molecule has 22 heteroatoms. The third kappa shape index (κ3) is 24.8. The number of hydrogen-bond donors (Lipinski definition) is 8. The van der Waals surface area contributed by atoms with Crippen LogP contribution in [0.5, 0.6) is 0 Å². The zero-order valence-corrected chi connectivity index (χ0v) is 34.5. The maximum Gasteiger partial charge on any atom is 0.472 e. The van der Waals surface area contributed by atoms with Gasteiger partial charge in [0.15, 0.2) is 6.10 Å². The fourth-order valence-corrected chi connectivity index (χ4v) is 7.44. The van der Waals surface area contributed by atoms with Crippen molar-refractivity contribution in [2.75, 3.05) is 13.2 Å². The normalized spacial score (nSPS) is 21.7. The Morgan fingerprint density at radius 1 is 0.603 bits per heavy atom. The van der Waals surface area contributed by atoms with Crippen LogP contribution >= 0.6 is 23.5 Å². The predicted octanol–water partition coefficient (Wildman–Crippen LogP) is 2.12. The highest BCUT2D eigenvalue weighted by Gasteiger charge is 2.56. The minimum Gasteiger partial charge on any atom is -0.456 e. The summed E-state index contributed by atoms with van der Waals surface area (Å²) >= 11 is 0. The summed E-state index contributed by atoms with van der Waals surface area (Å²) in [7, 11) is -16.7. The Bertz CT molecular complexity index is 1740. The van der Waals surface area contributed by atoms with Crippen molar-refractivity contribution >= 4 is 35.4 Å². The molecule has 1 saturated carbocycles. The molecule has 0 aromatic heterocycles. The van der Waals surface area contributed by atoms with Crippen molar-refractivity contribution in [3.63, 3.8) is 0 Å². The number of phosphoric ester groups is 3. The number of unbranched alkanes of at least 4 members (excludes halogenated alkanes) is 12. The number of aliphatic hydroxyl groups is 3. The molecular formula is C36H51O19P3. The highest BCUT2D eigenvalue weighted by Crippen LogP contribution is 2.51. The van der Waals surface area contributed by atoms with Gasteiger partial charge in [-0.25, -0.2) is 18.5 Å². The molecule has 1 rings (SSSR count). The van der Waals surface area contributed by atoms with Gasteiger partial charge in [-0.05, 0) is 53.8 Å². The summed E-state index contributed by atoms with van der Waals surface area (Å²) in [6.07, 6.45) is 2.00. The van der Waals surface area contributed by atoms with Crippen LogP contribution in [-0.4, -0.2) is 108 Å². The van der Waals surface area contributed by atoms with E-state index in [1.165, 1.54) is 44.9 Å². The van der Waals surface area contributed by atoms with Crippen LogP contribution in [0.2, 0.25) is 0 Å². The van der Waals surface area contributed by atoms with E-state index in [2.05, 4.69) is 57.4 Å². The Balaban J connectivity index is 2.92. The Morgan fingerprint density at radius 2 is 1.05 bits per heavy atom. The van der Waals surface area contributed by atoms with Crippen LogP contribution < -0.4 is 0 Å². The van der Waals surface area contributed by atoms with Gasteiger partial charge in [0.2, 0.25) is 0 Å². The second-order valence-electron chi connectivity index (χ2n) is 12.8. The van der Waals surface area contributed by atoms with Gasteiger partial charge >= 0.3 is 35.4 Å². The van der Waals surface area contributed by atoms with Crippen LogP contribution in [0.15, 0.2) is 0 Å². The number of ether oxygens (including phenoxy) is 2. The lowest BCUT2D eigenvalue weighted by Crippen LogP contribution is -2.65. The number of carbonyl (C=O) groups excluding carboxylic acids is 2. The van der Waals surface area contributed by atoms with Gasteiger partial charge in [0.25, 0.3) is 0 Å². The fourth-order valence-electron chi connectivity index (χ4n) is 5.34. The van der Waals surface area contributed by atoms with E-state index < -0.39 is 91.3 Å². The van der Waals surface area contributed by atoms with Crippen molar-refractivity contribution in [1.82, 2.24) is 0 Å². The van der Waals surface area contributed by atoms with Gasteiger partial charge in [-0.3, -0.25) is 22.9 Å². The molecule has 0 aromatic rings. The molecule has 0 heterocycles. The average molecular weight is 881 g/mol. The molecule has 0 amide bonds. The zero-order valence-electron chi connectivity index (χ0n) is 31.8. The first-order valence-electron chi connectivity index (χ1n) is 18.3. The number of rotatable bonds is 26. The van der Waals surface area contributed by atoms with Crippen LogP contribution in [0.3, 0.4) is 0 Å². The van der Waals surface area contributed by atoms with Crippen molar-refractivity contribution in [3.8, 4) is 59.7 Å². The molecule has 0 aliphatic heterocycles. The van der Waals surface area contributed by atoms with Crippen LogP contribution in [-0.2, 0) is 50.9 Å². The smallest absolute Gasteiger partial charge is 0.456 e. The van der Waals surface area contributed by atoms with E-state index in [1.807, 2.05) is 11.8 Å². The third-order valence-electron chi connectivity index (χ3n) is 8.01. The van der Waals surface area contributed by atoms with E-state index in [0.29, 0.717) is 12.8 Å². The monoisotopic (exact) mass is 880 g/mol. The van der Waals surface area contributed by atoms with Crippen LogP contribution in [0, 0.1) is 59.7 Å². The van der Waals surface area contributed by atoms with E-state index in [0.717, 1.165) is 25.7 Å². The molecule has 324 valence electrons. The van der Waals surface area contributed by atoms with Crippen molar-refractivity contribution in [1.29, 1.82) is 0 Å². The summed E-state index contributed by atoms with van der Waals surface area (Å²) in [6, 6.07) is 0. The predicted molar refractivity (Wildman–Crippen MR) is 204 cm³/mol. The van der Waals surface area contributed by atoms with E-state index >= 15 is 0 Å². The highest BCUT2D eigenvalue weighted by molar-refractivity contribution is 7.47. The SMILES string of the molecule is C#CC#CC#CC#CC#CC(=O)OC[C@@H](COP(=O)(O)OC1C(O)[C@H](O)[C@@H](OP(=O)(O)O)C(OP(=O)(O)O)[C@@H]1O)OC(=O)CCCCCCCCCCCCCCC. The Labute approximate surface area is 338 Å². The number of phosphoric acid groups is 3. The average Bonchev–Trinajstić information content (AvgIpc) is 3.14. The summed E-state index contributed by atoms with van der Waals surface area (Å²) in [5.74, 6) is 17.9. The van der Waals surface area contributed by atoms with Gasteiger partial charge in [0, 0.05) is 12.3 Å². The van der Waals surface area contributed by atoms with E-state index in [9.17, 15) is 53.3 Å². The maximum atomic E-state index is 12.9. The van der Waals surface area contributed by atoms with Gasteiger partial charge in [0.1, 0.15) is 43.2 Å². The van der Waals surface area contributed by atoms with E-state index in [-0.39, 0.29) is 6.42 Å². The molecule has 1 aliphatic carbocycles. The van der Waals surface area contributed by atoms with Crippen molar-refractivity contribution < 1.29 is 90.6 Å². The Hall–Kier alpha value is -3.05. The lowest BCUT2D eigenvalue weighted by atomic mass is 9.85. The summed E-state index contributed by atoms with van der Waals surface area (Å²) in [4.78, 5) is 72.1. The lowest BCUT2D eigenvalue weighted by Gasteiger charge is -2.44. The van der Waals surface area contributed by atoms with Crippen LogP contribution in [0.1, 0.15) is 96.8 Å². The van der Waals surface area contributed by atoms with Gasteiger partial charge in [0.05, 0.1) is 6.61 Å². The third-order valence-corrected chi connectivity index (χ3v) is 10.0. The molecule has 8 N–H and O–H groups in total. The van der Waals surface area contributed by atoms with Crippen molar-refractivity contribution in [3.05, 3.63) is 0 Å². The first-order valence-corrected chi connectivity index (χ1v) is 22.9. The molecule has 0 saturated heterocycles. The maximum absolute atomic E-state index is 12.9. The van der Waals surface area contributed by atoms with Gasteiger partial charge in [-0.2, -0.15) is 0 Å². The number of aliphatic hydroxyl groups excluding tert-OH is 3. The fraction of sp³-hybridized carbons (Fsp3) is 0.667. The summed E-state index contributed by atoms with van der Waals surface area (Å²) in [6.45, 7) is 0.379. The van der Waals surface area contributed by atoms with Crippen LogP contribution in [0.25, 0.3) is 0 Å². The summed E-state index contributed by atoms with van der Waals surface area (Å²) < 4.78 is 64.3. The zero-order chi connectivity index (χ0) is 43.6. The van der Waals surface area contributed by atoms with Gasteiger partial charge in [-0.1, -0.05) is 84.0 Å². The number of esters is 2. The second-order valence-corrected chi connectivity index (χ2v) is 16.6. The topological polar surface area (TPSA) is 303 Å². The first-order chi connectivity index (χ1) is 27.3. The highest BCUT2D eigenvalue weighted by atomic mass is 31.2. The number of carbonyl (C=O) groups is 2. The molecule has 0 radical (unpaired) electrons. The molecule has 0 bridgehead atoms. The van der Waals surface area contributed by atoms with Gasteiger partial charge < -0.3 is 49.3 Å². The van der Waals surface area contributed by atoms with E-state index in [4.69, 9.17) is 34.7 Å². The summed E-state index contributed by atoms with van der Waals surface area (Å²) in [5.41, 5.74) is 0. The molecular weight excluding hydrogens is 829 g/mol. The minimum atomic E-state index is -5.62. The van der Waals surface area contributed by atoms with Crippen LogP contribution in [0.4, 0.5) is 0 Å². The second kappa shape index (κ2) is 28.4. The number of terminal acetylenes is 1. The molecule has 58 heavy (non-hydrogen) atoms. The molecule has 4 unspecified atom stereocenters. The molecule has 0 aromatic carbocycles. The van der Waals surface area contributed by atoms with Crippen molar-refractivity contribution in [2.24, 2.45) is 0 Å². The lowest BCUT2D eigenvalue weighted by molar-refractivity contribution is -0.213. The number of hydrogen-bond acceptors (Lipinski definition) is 14. The first kappa shape index (κ1) is 53.0. The molecule has 1 fully saturated rings. The molecule has 0 spiro atoms. The molecule has 1 aliphatic rings. The standard InChI is InChI=1S/C36H51O19P3/c1-3-5-7-9-11-13-14-15-16-17-19-21-23-25-30(38)52-28(26-50-29(37)24-22-20-18-12-10-8-6-4-2)27-51-58(48,49)55-34-31(39)32(40)35(53-56(42,43)44)36(33(34)41)54-57(45,46)47/h2,28,31-36,39-41H,3,5,7,9,11,13-17,19,21,23,25-27H2,1H3,(H,48,49)(H2,42,43,44)(H2,45,46,47)/t28-,31?,32-,33+,34?,35+,36?/m0/s1.